The van der Waals surface area contributed by atoms with E-state index in [1.54, 1.807) is 0 Å². The van der Waals surface area contributed by atoms with E-state index in [-0.39, 0.29) is 11.6 Å². The lowest BCUT2D eigenvalue weighted by molar-refractivity contribution is -0.144. The van der Waals surface area contributed by atoms with E-state index < -0.39 is 12.0 Å². The molecular formula is C10H7F3N4O. The number of ketones is 1. The zero-order chi connectivity index (χ0) is 12.9. The topological polar surface area (TPSA) is 60.2 Å². The minimum Gasteiger partial charge on any atom is -0.294 e. The average molecular weight is 256 g/mol. The van der Waals surface area contributed by atoms with Gasteiger partial charge in [-0.3, -0.25) is 4.79 Å². The molecule has 0 radical (unpaired) electrons. The fourth-order valence-electron chi connectivity index (χ4n) is 2.02. The predicted octanol–water partition coefficient (Wildman–Crippen LogP) is 1.66. The van der Waals surface area contributed by atoms with Crippen LogP contribution in [-0.2, 0) is 12.6 Å². The molecule has 2 aromatic heterocycles. The van der Waals surface area contributed by atoms with Gasteiger partial charge in [0, 0.05) is 12.6 Å². The van der Waals surface area contributed by atoms with Crippen molar-refractivity contribution in [3.63, 3.8) is 0 Å². The number of carbonyl (C=O) groups is 1. The zero-order valence-electron chi connectivity index (χ0n) is 9.03. The molecule has 0 aromatic carbocycles. The quantitative estimate of drug-likeness (QED) is 0.719. The first kappa shape index (κ1) is 11.1. The summed E-state index contributed by atoms with van der Waals surface area (Å²) >= 11 is 0. The maximum absolute atomic E-state index is 12.5. The van der Waals surface area contributed by atoms with Crippen LogP contribution < -0.4 is 0 Å². The summed E-state index contributed by atoms with van der Waals surface area (Å²) in [6.07, 6.45) is -1.84. The predicted molar refractivity (Wildman–Crippen MR) is 53.1 cm³/mol. The summed E-state index contributed by atoms with van der Waals surface area (Å²) in [5.41, 5.74) is 0.798. The molecule has 2 aromatic rings. The van der Waals surface area contributed by atoms with Crippen molar-refractivity contribution in [1.82, 2.24) is 19.6 Å². The van der Waals surface area contributed by atoms with E-state index in [4.69, 9.17) is 0 Å². The van der Waals surface area contributed by atoms with Crippen molar-refractivity contribution >= 4 is 11.6 Å². The maximum atomic E-state index is 12.5. The molecule has 0 bridgehead atoms. The molecule has 0 saturated carbocycles. The van der Waals surface area contributed by atoms with Crippen LogP contribution in [0.5, 0.6) is 0 Å². The third-order valence-corrected chi connectivity index (χ3v) is 2.84. The van der Waals surface area contributed by atoms with Gasteiger partial charge in [-0.1, -0.05) is 0 Å². The van der Waals surface area contributed by atoms with Crippen LogP contribution in [0.2, 0.25) is 0 Å². The van der Waals surface area contributed by atoms with E-state index in [2.05, 4.69) is 15.1 Å². The van der Waals surface area contributed by atoms with Crippen LogP contribution in [0.3, 0.4) is 0 Å². The van der Waals surface area contributed by atoms with E-state index in [1.807, 2.05) is 0 Å². The van der Waals surface area contributed by atoms with Gasteiger partial charge in [-0.15, -0.1) is 5.10 Å². The lowest BCUT2D eigenvalue weighted by atomic mass is 9.96. The van der Waals surface area contributed by atoms with Crippen molar-refractivity contribution in [2.24, 2.45) is 0 Å². The Morgan fingerprint density at radius 2 is 2.06 bits per heavy atom. The molecule has 0 unspecified atom stereocenters. The summed E-state index contributed by atoms with van der Waals surface area (Å²) in [4.78, 5) is 18.7. The molecule has 3 rings (SSSR count). The summed E-state index contributed by atoms with van der Waals surface area (Å²) in [5, 5.41) is 3.40. The van der Waals surface area contributed by atoms with Crippen LogP contribution >= 0.6 is 0 Å². The number of nitrogens with zero attached hydrogens (tertiary/aromatic N) is 4. The monoisotopic (exact) mass is 256 g/mol. The van der Waals surface area contributed by atoms with E-state index in [1.165, 1.54) is 6.20 Å². The highest BCUT2D eigenvalue weighted by molar-refractivity contribution is 5.97. The van der Waals surface area contributed by atoms with Gasteiger partial charge in [-0.25, -0.2) is 9.50 Å². The number of rotatable bonds is 0. The fraction of sp³-hybridized carbons (Fsp3) is 0.400. The number of halogens is 3. The van der Waals surface area contributed by atoms with Gasteiger partial charge >= 0.3 is 6.18 Å². The standard InChI is InChI=1S/C10H7F3N4O/c11-10(12,13)8-15-9-14-4-5-6(17(9)16-8)2-1-3-7(5)18/h4H,1-3H2. The van der Waals surface area contributed by atoms with Crippen LogP contribution in [0, 0.1) is 0 Å². The van der Waals surface area contributed by atoms with Crippen molar-refractivity contribution in [2.45, 2.75) is 25.4 Å². The molecular weight excluding hydrogens is 249 g/mol. The molecule has 0 amide bonds. The summed E-state index contributed by atoms with van der Waals surface area (Å²) in [6, 6.07) is 0. The number of aromatic nitrogens is 4. The van der Waals surface area contributed by atoms with Crippen LogP contribution in [0.1, 0.15) is 34.7 Å². The number of hydrogen-bond donors (Lipinski definition) is 0. The Morgan fingerprint density at radius 1 is 1.28 bits per heavy atom. The Balaban J connectivity index is 2.26. The van der Waals surface area contributed by atoms with E-state index >= 15 is 0 Å². The molecule has 1 aliphatic rings. The molecule has 5 nitrogen and oxygen atoms in total. The number of alkyl halides is 3. The fourth-order valence-corrected chi connectivity index (χ4v) is 2.02. The van der Waals surface area contributed by atoms with Crippen molar-refractivity contribution in [2.75, 3.05) is 0 Å². The third-order valence-electron chi connectivity index (χ3n) is 2.84. The second kappa shape index (κ2) is 3.50. The molecule has 0 saturated heterocycles. The number of aryl methyl sites for hydroxylation is 1. The minimum atomic E-state index is -4.61. The van der Waals surface area contributed by atoms with Crippen molar-refractivity contribution in [1.29, 1.82) is 0 Å². The Labute approximate surface area is 98.7 Å². The second-order valence-corrected chi connectivity index (χ2v) is 4.04. The maximum Gasteiger partial charge on any atom is 0.453 e. The molecule has 0 aliphatic heterocycles. The first-order valence-corrected chi connectivity index (χ1v) is 5.32. The first-order valence-electron chi connectivity index (χ1n) is 5.32. The van der Waals surface area contributed by atoms with Crippen LogP contribution in [-0.4, -0.2) is 25.4 Å². The summed E-state index contributed by atoms with van der Waals surface area (Å²) in [6.45, 7) is 0. The molecule has 0 fully saturated rings. The Bertz CT molecular complexity index is 646. The van der Waals surface area contributed by atoms with Gasteiger partial charge in [0.25, 0.3) is 11.6 Å². The Kier molecular flexibility index (Phi) is 2.16. The van der Waals surface area contributed by atoms with Gasteiger partial charge in [-0.2, -0.15) is 18.2 Å². The minimum absolute atomic E-state index is 0.116. The molecule has 18 heavy (non-hydrogen) atoms. The van der Waals surface area contributed by atoms with Crippen LogP contribution in [0.25, 0.3) is 5.78 Å². The van der Waals surface area contributed by atoms with Gasteiger partial charge in [-0.05, 0) is 12.8 Å². The van der Waals surface area contributed by atoms with Crippen molar-refractivity contribution in [3.05, 3.63) is 23.3 Å². The molecule has 2 heterocycles. The van der Waals surface area contributed by atoms with Gasteiger partial charge in [0.15, 0.2) is 5.78 Å². The smallest absolute Gasteiger partial charge is 0.294 e. The third kappa shape index (κ3) is 1.56. The molecule has 1 aliphatic carbocycles. The van der Waals surface area contributed by atoms with Crippen LogP contribution in [0.4, 0.5) is 13.2 Å². The van der Waals surface area contributed by atoms with Crippen molar-refractivity contribution < 1.29 is 18.0 Å². The number of fused-ring (bicyclic) bond motifs is 3. The molecule has 0 atom stereocenters. The summed E-state index contributed by atoms with van der Waals surface area (Å²) < 4.78 is 38.5. The molecule has 0 N–H and O–H groups in total. The lowest BCUT2D eigenvalue weighted by Gasteiger charge is -2.13. The Hall–Kier alpha value is -1.99. The highest BCUT2D eigenvalue weighted by Gasteiger charge is 2.37. The van der Waals surface area contributed by atoms with Crippen molar-refractivity contribution in [3.8, 4) is 0 Å². The van der Waals surface area contributed by atoms with Gasteiger partial charge in [0.05, 0.1) is 11.3 Å². The molecule has 94 valence electrons. The summed E-state index contributed by atoms with van der Waals surface area (Å²) in [7, 11) is 0. The van der Waals surface area contributed by atoms with E-state index in [0.717, 1.165) is 4.52 Å². The highest BCUT2D eigenvalue weighted by atomic mass is 19.4. The van der Waals surface area contributed by atoms with Gasteiger partial charge in [0.2, 0.25) is 0 Å². The number of hydrogen-bond acceptors (Lipinski definition) is 4. The van der Waals surface area contributed by atoms with E-state index in [0.29, 0.717) is 30.5 Å². The van der Waals surface area contributed by atoms with Gasteiger partial charge < -0.3 is 0 Å². The van der Waals surface area contributed by atoms with E-state index in [9.17, 15) is 18.0 Å². The molecule has 8 heteroatoms. The Morgan fingerprint density at radius 3 is 2.78 bits per heavy atom. The highest BCUT2D eigenvalue weighted by Crippen LogP contribution is 2.27. The normalized spacial score (nSPS) is 16.1. The number of Topliss-reactive ketones (excluding diaryl/α,β-unsaturated/α-hetero) is 1. The summed E-state index contributed by atoms with van der Waals surface area (Å²) in [5.74, 6) is -1.48. The molecule has 0 spiro atoms. The first-order chi connectivity index (χ1) is 8.47. The lowest BCUT2D eigenvalue weighted by Crippen LogP contribution is -2.16. The number of carbonyl (C=O) groups excluding carboxylic acids is 1. The SMILES string of the molecule is O=C1CCCc2c1cnc1nc(C(F)(F)F)nn21. The van der Waals surface area contributed by atoms with Gasteiger partial charge in [0.1, 0.15) is 0 Å². The largest absolute Gasteiger partial charge is 0.453 e. The second-order valence-electron chi connectivity index (χ2n) is 4.04. The zero-order valence-corrected chi connectivity index (χ0v) is 9.03. The average Bonchev–Trinajstić information content (AvgIpc) is 2.73. The van der Waals surface area contributed by atoms with Crippen LogP contribution in [0.15, 0.2) is 6.20 Å².